The fourth-order valence-corrected chi connectivity index (χ4v) is 3.77. The predicted molar refractivity (Wildman–Crippen MR) is 114 cm³/mol. The first-order valence-corrected chi connectivity index (χ1v) is 9.78. The van der Waals surface area contributed by atoms with Crippen LogP contribution in [0.25, 0.3) is 0 Å². The quantitative estimate of drug-likeness (QED) is 0.664. The van der Waals surface area contributed by atoms with Crippen LogP contribution in [0.5, 0.6) is 11.5 Å². The molecule has 3 aromatic carbocycles. The fraction of sp³-hybridized carbons (Fsp3) is 0.167. The van der Waals surface area contributed by atoms with Gasteiger partial charge in [-0.25, -0.2) is 8.78 Å². The van der Waals surface area contributed by atoms with Gasteiger partial charge in [-0.05, 0) is 48.0 Å². The third-order valence-electron chi connectivity index (χ3n) is 5.25. The van der Waals surface area contributed by atoms with Crippen molar-refractivity contribution < 1.29 is 27.8 Å². The molecule has 0 saturated carbocycles. The molecule has 8 heteroatoms. The minimum Gasteiger partial charge on any atom is -0.497 e. The highest BCUT2D eigenvalue weighted by atomic mass is 19.1. The molecule has 1 N–H and O–H groups in total. The molecule has 0 unspecified atom stereocenters. The summed E-state index contributed by atoms with van der Waals surface area (Å²) < 4.78 is 38.3. The first kappa shape index (κ1) is 21.3. The maximum atomic E-state index is 14.2. The average molecular weight is 438 g/mol. The second kappa shape index (κ2) is 8.66. The Hall–Kier alpha value is -3.94. The molecule has 2 amide bonds. The minimum atomic E-state index is -0.843. The molecule has 1 atom stereocenters. The lowest BCUT2D eigenvalue weighted by Gasteiger charge is -2.31. The number of ether oxygens (including phenoxy) is 2. The lowest BCUT2D eigenvalue weighted by Crippen LogP contribution is -2.39. The second-order valence-corrected chi connectivity index (χ2v) is 7.27. The molecular weight excluding hydrogens is 418 g/mol. The van der Waals surface area contributed by atoms with E-state index in [1.165, 1.54) is 73.7 Å². The molecule has 0 radical (unpaired) electrons. The summed E-state index contributed by atoms with van der Waals surface area (Å²) in [5, 5.41) is 2.72. The summed E-state index contributed by atoms with van der Waals surface area (Å²) in [6, 6.07) is 13.3. The molecule has 0 fully saturated rings. The van der Waals surface area contributed by atoms with E-state index >= 15 is 0 Å². The van der Waals surface area contributed by atoms with E-state index in [1.54, 1.807) is 6.07 Å². The molecule has 0 bridgehead atoms. The molecule has 3 aromatic rings. The molecule has 0 spiro atoms. The number of amides is 2. The minimum absolute atomic E-state index is 0.223. The number of hydrogen-bond acceptors (Lipinski definition) is 4. The zero-order valence-electron chi connectivity index (χ0n) is 17.4. The van der Waals surface area contributed by atoms with E-state index in [0.717, 1.165) is 0 Å². The molecule has 0 aliphatic carbocycles. The Bertz CT molecular complexity index is 1160. The van der Waals surface area contributed by atoms with Crippen LogP contribution in [0.2, 0.25) is 0 Å². The van der Waals surface area contributed by atoms with Gasteiger partial charge in [0.25, 0.3) is 5.91 Å². The lowest BCUT2D eigenvalue weighted by atomic mass is 9.95. The highest BCUT2D eigenvalue weighted by Crippen LogP contribution is 2.37. The van der Waals surface area contributed by atoms with Gasteiger partial charge in [0.2, 0.25) is 5.91 Å². The second-order valence-electron chi connectivity index (χ2n) is 7.27. The van der Waals surface area contributed by atoms with E-state index in [2.05, 4.69) is 5.32 Å². The van der Waals surface area contributed by atoms with Crippen LogP contribution in [0.1, 0.15) is 27.5 Å². The van der Waals surface area contributed by atoms with Gasteiger partial charge in [-0.2, -0.15) is 0 Å². The molecule has 1 aliphatic heterocycles. The lowest BCUT2D eigenvalue weighted by molar-refractivity contribution is -0.117. The van der Waals surface area contributed by atoms with E-state index in [1.807, 2.05) is 0 Å². The molecule has 164 valence electrons. The predicted octanol–water partition coefficient (Wildman–Crippen LogP) is 4.17. The van der Waals surface area contributed by atoms with E-state index in [9.17, 15) is 18.4 Å². The molecular formula is C24H20F2N2O4. The van der Waals surface area contributed by atoms with Crippen molar-refractivity contribution in [2.24, 2.45) is 0 Å². The van der Waals surface area contributed by atoms with Crippen molar-refractivity contribution >= 4 is 17.5 Å². The van der Waals surface area contributed by atoms with Gasteiger partial charge in [0.05, 0.1) is 20.3 Å². The fourth-order valence-electron chi connectivity index (χ4n) is 3.77. The Morgan fingerprint density at radius 1 is 0.938 bits per heavy atom. The monoisotopic (exact) mass is 438 g/mol. The van der Waals surface area contributed by atoms with E-state index < -0.39 is 29.5 Å². The Morgan fingerprint density at radius 2 is 1.56 bits per heavy atom. The van der Waals surface area contributed by atoms with E-state index in [0.29, 0.717) is 28.3 Å². The van der Waals surface area contributed by atoms with Crippen molar-refractivity contribution in [3.63, 3.8) is 0 Å². The van der Waals surface area contributed by atoms with Crippen molar-refractivity contribution in [3.8, 4) is 11.5 Å². The SMILES string of the molecule is COc1cc(OC)cc(C(=O)N2CC(=O)Nc3ccc(F)cc3[C@@H]2c2ccc(F)cc2)c1. The van der Waals surface area contributed by atoms with Crippen LogP contribution in [-0.4, -0.2) is 37.5 Å². The van der Waals surface area contributed by atoms with Gasteiger partial charge < -0.3 is 19.7 Å². The summed E-state index contributed by atoms with van der Waals surface area (Å²) in [5.74, 6) is -1.11. The first-order valence-electron chi connectivity index (χ1n) is 9.78. The van der Waals surface area contributed by atoms with Gasteiger partial charge in [-0.15, -0.1) is 0 Å². The Morgan fingerprint density at radius 3 is 2.19 bits per heavy atom. The van der Waals surface area contributed by atoms with Crippen LogP contribution in [0, 0.1) is 11.6 Å². The van der Waals surface area contributed by atoms with Gasteiger partial charge in [0.1, 0.15) is 29.7 Å². The van der Waals surface area contributed by atoms with Crippen molar-refractivity contribution in [1.82, 2.24) is 4.90 Å². The number of halogens is 2. The molecule has 1 aliphatic rings. The molecule has 6 nitrogen and oxygen atoms in total. The van der Waals surface area contributed by atoms with Crippen LogP contribution in [0.3, 0.4) is 0 Å². The largest absolute Gasteiger partial charge is 0.497 e. The van der Waals surface area contributed by atoms with Gasteiger partial charge in [-0.3, -0.25) is 9.59 Å². The van der Waals surface area contributed by atoms with Crippen molar-refractivity contribution in [2.45, 2.75) is 6.04 Å². The topological polar surface area (TPSA) is 67.9 Å². The van der Waals surface area contributed by atoms with Gasteiger partial charge >= 0.3 is 0 Å². The maximum absolute atomic E-state index is 14.2. The average Bonchev–Trinajstić information content (AvgIpc) is 2.94. The Balaban J connectivity index is 1.89. The van der Waals surface area contributed by atoms with Gasteiger partial charge in [0, 0.05) is 22.9 Å². The van der Waals surface area contributed by atoms with Crippen LogP contribution < -0.4 is 14.8 Å². The summed E-state index contributed by atoms with van der Waals surface area (Å²) >= 11 is 0. The van der Waals surface area contributed by atoms with Crippen LogP contribution in [0.15, 0.2) is 60.7 Å². The van der Waals surface area contributed by atoms with Crippen LogP contribution in [-0.2, 0) is 4.79 Å². The Kier molecular flexibility index (Phi) is 5.77. The van der Waals surface area contributed by atoms with Crippen LogP contribution >= 0.6 is 0 Å². The highest BCUT2D eigenvalue weighted by Gasteiger charge is 2.34. The molecule has 4 rings (SSSR count). The number of carbonyl (C=O) groups is 2. The summed E-state index contributed by atoms with van der Waals surface area (Å²) in [6.45, 7) is -0.295. The number of fused-ring (bicyclic) bond motifs is 1. The first-order chi connectivity index (χ1) is 15.4. The van der Waals surface area contributed by atoms with E-state index in [4.69, 9.17) is 9.47 Å². The standard InChI is InChI=1S/C24H20F2N2O4/c1-31-18-9-15(10-19(12-18)32-2)24(30)28-13-22(29)27-21-8-7-17(26)11-20(21)23(28)14-3-5-16(25)6-4-14/h3-12,23H,13H2,1-2H3,(H,27,29)/t23-/m0/s1. The van der Waals surface area contributed by atoms with Gasteiger partial charge in [0.15, 0.2) is 0 Å². The maximum Gasteiger partial charge on any atom is 0.255 e. The Labute approximate surface area is 183 Å². The summed E-state index contributed by atoms with van der Waals surface area (Å²) in [5.41, 5.74) is 1.51. The van der Waals surface area contributed by atoms with Crippen molar-refractivity contribution in [2.75, 3.05) is 26.1 Å². The summed E-state index contributed by atoms with van der Waals surface area (Å²) in [6.07, 6.45) is 0. The number of carbonyl (C=O) groups excluding carboxylic acids is 2. The summed E-state index contributed by atoms with van der Waals surface area (Å²) in [7, 11) is 2.92. The molecule has 0 aromatic heterocycles. The zero-order valence-corrected chi connectivity index (χ0v) is 17.4. The third-order valence-corrected chi connectivity index (χ3v) is 5.25. The number of anilines is 1. The molecule has 32 heavy (non-hydrogen) atoms. The molecule has 1 heterocycles. The van der Waals surface area contributed by atoms with E-state index in [-0.39, 0.29) is 12.1 Å². The number of benzene rings is 3. The summed E-state index contributed by atoms with van der Waals surface area (Å²) in [4.78, 5) is 27.6. The number of methoxy groups -OCH3 is 2. The molecule has 0 saturated heterocycles. The smallest absolute Gasteiger partial charge is 0.255 e. The normalized spacial score (nSPS) is 15.4. The third kappa shape index (κ3) is 4.12. The number of hydrogen-bond donors (Lipinski definition) is 1. The zero-order chi connectivity index (χ0) is 22.8. The highest BCUT2D eigenvalue weighted by molar-refractivity contribution is 6.01. The number of nitrogens with zero attached hydrogens (tertiary/aromatic N) is 1. The van der Waals surface area contributed by atoms with Gasteiger partial charge in [-0.1, -0.05) is 12.1 Å². The van der Waals surface area contributed by atoms with Crippen LogP contribution in [0.4, 0.5) is 14.5 Å². The number of nitrogens with one attached hydrogen (secondary N) is 1. The number of rotatable bonds is 4. The van der Waals surface area contributed by atoms with Crippen molar-refractivity contribution in [3.05, 3.63) is 89.0 Å². The van der Waals surface area contributed by atoms with Crippen molar-refractivity contribution in [1.29, 1.82) is 0 Å².